The Bertz CT molecular complexity index is 599. The highest BCUT2D eigenvalue weighted by atomic mass is 32.2. The van der Waals surface area contributed by atoms with Crippen LogP contribution in [0.3, 0.4) is 0 Å². The first-order valence-corrected chi connectivity index (χ1v) is 8.87. The van der Waals surface area contributed by atoms with Crippen LogP contribution in [0.5, 0.6) is 0 Å². The zero-order valence-corrected chi connectivity index (χ0v) is 13.1. The lowest BCUT2D eigenvalue weighted by Crippen LogP contribution is -2.35. The van der Waals surface area contributed by atoms with Crippen molar-refractivity contribution in [3.8, 4) is 0 Å². The molecule has 1 aromatic rings. The lowest BCUT2D eigenvalue weighted by molar-refractivity contribution is 0.594. The van der Waals surface area contributed by atoms with E-state index in [-0.39, 0.29) is 4.90 Å². The molecule has 0 aliphatic carbocycles. The minimum absolute atomic E-state index is 0.120. The first-order valence-electron chi connectivity index (χ1n) is 7.43. The number of rotatable bonds is 7. The van der Waals surface area contributed by atoms with E-state index in [0.29, 0.717) is 18.2 Å². The summed E-state index contributed by atoms with van der Waals surface area (Å²) in [4.78, 5) is 3.94. The maximum atomic E-state index is 12.0. The van der Waals surface area contributed by atoms with Crippen molar-refractivity contribution in [1.29, 1.82) is 0 Å². The number of guanidine groups is 1. The molecule has 0 spiro atoms. The van der Waals surface area contributed by atoms with E-state index in [1.165, 1.54) is 31.9 Å². The van der Waals surface area contributed by atoms with Crippen LogP contribution < -0.4 is 10.6 Å². The van der Waals surface area contributed by atoms with Crippen molar-refractivity contribution in [3.05, 3.63) is 18.5 Å². The van der Waals surface area contributed by atoms with E-state index in [4.69, 9.17) is 0 Å². The van der Waals surface area contributed by atoms with Crippen molar-refractivity contribution in [2.24, 2.45) is 4.40 Å². The van der Waals surface area contributed by atoms with Crippen LogP contribution in [0.4, 0.5) is 5.69 Å². The third-order valence-corrected chi connectivity index (χ3v) is 4.65. The van der Waals surface area contributed by atoms with Crippen molar-refractivity contribution in [2.75, 3.05) is 11.9 Å². The summed E-state index contributed by atoms with van der Waals surface area (Å²) in [5.41, 5.74) is 0.519. The molecule has 7 heteroatoms. The molecule has 0 bridgehead atoms. The van der Waals surface area contributed by atoms with Crippen molar-refractivity contribution >= 4 is 21.7 Å². The summed E-state index contributed by atoms with van der Waals surface area (Å²) < 4.78 is 27.7. The topological polar surface area (TPSA) is 83.5 Å². The van der Waals surface area contributed by atoms with Gasteiger partial charge in [-0.15, -0.1) is 4.40 Å². The maximum absolute atomic E-state index is 12.0. The third-order valence-electron chi connectivity index (χ3n) is 3.35. The molecule has 21 heavy (non-hydrogen) atoms. The fourth-order valence-electron chi connectivity index (χ4n) is 2.20. The van der Waals surface area contributed by atoms with Crippen molar-refractivity contribution in [1.82, 2.24) is 10.3 Å². The van der Waals surface area contributed by atoms with E-state index in [0.717, 1.165) is 12.8 Å². The summed E-state index contributed by atoms with van der Waals surface area (Å²) in [6.45, 7) is 2.91. The first-order chi connectivity index (χ1) is 10.1. The molecule has 1 aromatic heterocycles. The molecule has 0 saturated heterocycles. The van der Waals surface area contributed by atoms with Crippen LogP contribution >= 0.6 is 0 Å². The van der Waals surface area contributed by atoms with Gasteiger partial charge in [-0.1, -0.05) is 39.0 Å². The van der Waals surface area contributed by atoms with E-state index >= 15 is 0 Å². The van der Waals surface area contributed by atoms with E-state index in [1.54, 1.807) is 12.3 Å². The minimum Gasteiger partial charge on any atom is -0.355 e. The second kappa shape index (κ2) is 7.40. The summed E-state index contributed by atoms with van der Waals surface area (Å²) >= 11 is 0. The molecule has 6 nitrogen and oxygen atoms in total. The Balaban J connectivity index is 1.82. The van der Waals surface area contributed by atoms with Crippen LogP contribution in [-0.4, -0.2) is 25.9 Å². The zero-order chi connectivity index (χ0) is 15.1. The van der Waals surface area contributed by atoms with Gasteiger partial charge in [0.25, 0.3) is 10.0 Å². The number of fused-ring (bicyclic) bond motifs is 1. The van der Waals surface area contributed by atoms with Crippen LogP contribution in [0.25, 0.3) is 0 Å². The van der Waals surface area contributed by atoms with Crippen molar-refractivity contribution < 1.29 is 8.42 Å². The van der Waals surface area contributed by atoms with Crippen molar-refractivity contribution in [2.45, 2.75) is 50.3 Å². The largest absolute Gasteiger partial charge is 0.355 e. The Morgan fingerprint density at radius 3 is 2.76 bits per heavy atom. The maximum Gasteiger partial charge on any atom is 0.289 e. The van der Waals surface area contributed by atoms with Gasteiger partial charge in [0, 0.05) is 18.9 Å². The van der Waals surface area contributed by atoms with Gasteiger partial charge in [0.15, 0.2) is 0 Å². The van der Waals surface area contributed by atoms with Gasteiger partial charge in [-0.25, -0.2) is 0 Å². The number of pyridine rings is 1. The van der Waals surface area contributed by atoms with Crippen molar-refractivity contribution in [3.63, 3.8) is 0 Å². The Morgan fingerprint density at radius 2 is 1.95 bits per heavy atom. The first kappa shape index (κ1) is 15.8. The molecule has 2 heterocycles. The monoisotopic (exact) mass is 310 g/mol. The highest BCUT2D eigenvalue weighted by Gasteiger charge is 2.24. The van der Waals surface area contributed by atoms with Gasteiger partial charge in [0.2, 0.25) is 5.96 Å². The Labute approximate surface area is 126 Å². The zero-order valence-electron chi connectivity index (χ0n) is 12.3. The van der Waals surface area contributed by atoms with E-state index in [1.807, 2.05) is 0 Å². The highest BCUT2D eigenvalue weighted by molar-refractivity contribution is 7.90. The predicted octanol–water partition coefficient (Wildman–Crippen LogP) is 2.50. The van der Waals surface area contributed by atoms with Gasteiger partial charge in [-0.3, -0.25) is 4.98 Å². The number of hydrogen-bond donors (Lipinski definition) is 2. The molecule has 0 saturated carbocycles. The average molecular weight is 310 g/mol. The number of nitrogens with one attached hydrogen (secondary N) is 2. The second-order valence-electron chi connectivity index (χ2n) is 5.11. The number of anilines is 1. The number of unbranched alkanes of at least 4 members (excludes halogenated alkanes) is 5. The fourth-order valence-corrected chi connectivity index (χ4v) is 3.24. The Kier molecular flexibility index (Phi) is 5.55. The van der Waals surface area contributed by atoms with E-state index < -0.39 is 10.0 Å². The standard InChI is InChI=1S/C14H22N4O2S/c1-2-3-4-5-6-7-9-16-14-17-12-8-10-15-11-13(12)21(19,20)18-14/h8,10-11H,2-7,9H2,1H3,(H2,16,17,18). The fraction of sp³-hybridized carbons (Fsp3) is 0.571. The second-order valence-corrected chi connectivity index (χ2v) is 6.68. The molecule has 0 aromatic carbocycles. The van der Waals surface area contributed by atoms with E-state index in [2.05, 4.69) is 26.9 Å². The molecular formula is C14H22N4O2S. The third kappa shape index (κ3) is 4.42. The number of sulfonamides is 1. The lowest BCUT2D eigenvalue weighted by Gasteiger charge is -2.18. The molecule has 0 atom stereocenters. The molecule has 0 amide bonds. The molecule has 1 aliphatic heterocycles. The molecule has 2 N–H and O–H groups in total. The van der Waals surface area contributed by atoms with Crippen LogP contribution in [-0.2, 0) is 10.0 Å². The van der Waals surface area contributed by atoms with Gasteiger partial charge in [0.05, 0.1) is 5.69 Å². The summed E-state index contributed by atoms with van der Waals surface area (Å²) in [6.07, 6.45) is 10.0. The molecular weight excluding hydrogens is 288 g/mol. The summed E-state index contributed by atoms with van der Waals surface area (Å²) in [5.74, 6) is 0.294. The van der Waals surface area contributed by atoms with Crippen LogP contribution in [0, 0.1) is 0 Å². The number of nitrogens with zero attached hydrogens (tertiary/aromatic N) is 2. The lowest BCUT2D eigenvalue weighted by atomic mass is 10.1. The van der Waals surface area contributed by atoms with Crippen LogP contribution in [0.2, 0.25) is 0 Å². The number of aromatic nitrogens is 1. The van der Waals surface area contributed by atoms with Gasteiger partial charge in [0.1, 0.15) is 4.90 Å². The number of hydrogen-bond acceptors (Lipinski definition) is 5. The Morgan fingerprint density at radius 1 is 1.19 bits per heavy atom. The predicted molar refractivity (Wildman–Crippen MR) is 83.9 cm³/mol. The van der Waals surface area contributed by atoms with Crippen LogP contribution in [0.1, 0.15) is 45.4 Å². The highest BCUT2D eigenvalue weighted by Crippen LogP contribution is 2.24. The molecule has 2 rings (SSSR count). The Hall–Kier alpha value is -1.63. The van der Waals surface area contributed by atoms with Gasteiger partial charge in [-0.05, 0) is 12.5 Å². The van der Waals surface area contributed by atoms with Gasteiger partial charge < -0.3 is 10.6 Å². The quantitative estimate of drug-likeness (QED) is 0.756. The van der Waals surface area contributed by atoms with Crippen LogP contribution in [0.15, 0.2) is 27.8 Å². The summed E-state index contributed by atoms with van der Waals surface area (Å²) in [6, 6.07) is 1.63. The summed E-state index contributed by atoms with van der Waals surface area (Å²) in [5, 5.41) is 6.03. The SMILES string of the molecule is CCCCCCCCNC1=NS(=O)(=O)c2cnccc2N1. The van der Waals surface area contributed by atoms with Gasteiger partial charge >= 0.3 is 0 Å². The molecule has 0 fully saturated rings. The molecule has 0 unspecified atom stereocenters. The average Bonchev–Trinajstić information content (AvgIpc) is 2.46. The molecule has 116 valence electrons. The summed E-state index contributed by atoms with van der Waals surface area (Å²) in [7, 11) is -3.65. The smallest absolute Gasteiger partial charge is 0.289 e. The minimum atomic E-state index is -3.65. The molecule has 1 aliphatic rings. The normalized spacial score (nSPS) is 15.8. The van der Waals surface area contributed by atoms with Gasteiger partial charge in [-0.2, -0.15) is 8.42 Å². The molecule has 0 radical (unpaired) electrons. The van der Waals surface area contributed by atoms with E-state index in [9.17, 15) is 8.42 Å².